The van der Waals surface area contributed by atoms with E-state index in [9.17, 15) is 45.3 Å². The number of aryl methyl sites for hydroxylation is 1. The minimum Gasteiger partial charge on any atom is -0.508 e. The molecule has 0 bridgehead atoms. The fourth-order valence-electron chi connectivity index (χ4n) is 9.38. The van der Waals surface area contributed by atoms with Crippen molar-refractivity contribution in [3.63, 3.8) is 0 Å². The van der Waals surface area contributed by atoms with E-state index in [2.05, 4.69) is 91.3 Å². The van der Waals surface area contributed by atoms with Crippen molar-refractivity contribution in [1.82, 2.24) is 26.3 Å². The second-order valence-electron chi connectivity index (χ2n) is 25.1. The molecule has 7 aromatic rings. The number of phenols is 3. The highest BCUT2D eigenvalue weighted by atomic mass is 16.5. The number of aromatic amines is 1. The van der Waals surface area contributed by atoms with Gasteiger partial charge in [-0.1, -0.05) is 72.8 Å². The Balaban J connectivity index is 0.000000218. The molecule has 0 aliphatic heterocycles. The number of aromatic nitrogens is 1. The summed E-state index contributed by atoms with van der Waals surface area (Å²) in [7, 11) is 0. The van der Waals surface area contributed by atoms with Crippen molar-refractivity contribution in [2.45, 2.75) is 148 Å². The number of para-hydroxylation sites is 2. The third-order valence-electron chi connectivity index (χ3n) is 14.4. The summed E-state index contributed by atoms with van der Waals surface area (Å²) in [6.45, 7) is 20.6. The predicted octanol–water partition coefficient (Wildman–Crippen LogP) is 9.77. The molecule has 5 atom stereocenters. The zero-order valence-corrected chi connectivity index (χ0v) is 52.9. The number of ketones is 1. The van der Waals surface area contributed by atoms with Crippen LogP contribution in [0.3, 0.4) is 0 Å². The van der Waals surface area contributed by atoms with Crippen LogP contribution in [-0.2, 0) is 19.3 Å². The molecule has 0 spiro atoms. The number of urea groups is 1. The number of hydrogen-bond donors (Lipinski definition) is 14. The van der Waals surface area contributed by atoms with Crippen LogP contribution in [0.1, 0.15) is 138 Å². The number of Topliss-reactive ketones (excluding diaryl/α,β-unsaturated/α-hetero) is 1. The first-order valence-corrected chi connectivity index (χ1v) is 30.2. The van der Waals surface area contributed by atoms with Gasteiger partial charge in [0.1, 0.15) is 60.2 Å². The average Bonchev–Trinajstić information content (AvgIpc) is 3.57. The number of carbonyl (C=O) groups is 2. The van der Waals surface area contributed by atoms with E-state index in [-0.39, 0.29) is 64.6 Å². The van der Waals surface area contributed by atoms with Gasteiger partial charge >= 0.3 is 6.03 Å². The molecule has 0 saturated heterocycles. The molecular formula is C70H94N8O11. The van der Waals surface area contributed by atoms with Crippen molar-refractivity contribution < 1.29 is 54.8 Å². The standard InChI is InChI=1S/C22H25N3O2.C18H23NO3.C17H25NO3.C13H21N3O3/c1-22(2,11-17-13-24-20-9-5-4-8-19(17)20)25-14-18(26)15-27-21-10-6-3-7-16(21)12-23;1-13(2-3-14-4-8-16(20)9-5-14)19-12-18(22)15-6-10-17(21)11-7-15;1-17(2,3)18-10-12(19)11-21-16-9-5-6-13-14(16)7-4-8-15(13)20;1-13(2,3)15-7-11(18)8-4-5-10(17)9(6-8)16-12(14)19/h3-10,13,18,24-26H,11,14-15H2,1-2H3;4-11,13,18-22H,2-3,12H2,1H3;5-6,9,12,18-19H,4,7-8,10-11H2,1-3H3;4-6,11,15,17-18H,7H2,1-3H3,(H3,14,16,19)/t;13-,18+;12-;/m.10./s1. The molecule has 0 fully saturated rings. The SMILES string of the molecule is CC(C)(C)NCC(O)c1ccc(O)c(NC(N)=O)c1.CC(C)(C)NC[C@H](O)COc1cccc2c1CCCC2=O.CC(C)(Cc1c[nH]c2ccccc12)NCC(O)COc1ccccc1C#N.C[C@H](CCc1ccc(O)cc1)NC[C@H](O)c1ccc(O)cc1. The average molecular weight is 1220 g/mol. The van der Waals surface area contributed by atoms with Gasteiger partial charge in [-0.05, 0) is 177 Å². The number of carbonyl (C=O) groups excluding carboxylic acids is 2. The van der Waals surface area contributed by atoms with Gasteiger partial charge in [0, 0.05) is 83.5 Å². The fourth-order valence-corrected chi connectivity index (χ4v) is 9.38. The Morgan fingerprint density at radius 3 is 1.90 bits per heavy atom. The molecule has 2 unspecified atom stereocenters. The van der Waals surface area contributed by atoms with E-state index < -0.39 is 30.4 Å². The van der Waals surface area contributed by atoms with Crippen LogP contribution in [0.5, 0.6) is 28.7 Å². The number of nitrogens with one attached hydrogen (secondary N) is 6. The number of H-pyrrole nitrogens is 1. The van der Waals surface area contributed by atoms with Crippen molar-refractivity contribution in [2.24, 2.45) is 5.73 Å². The van der Waals surface area contributed by atoms with Gasteiger partial charge in [0.2, 0.25) is 0 Å². The van der Waals surface area contributed by atoms with Gasteiger partial charge in [-0.2, -0.15) is 5.26 Å². The molecule has 6 aromatic carbocycles. The highest BCUT2D eigenvalue weighted by Gasteiger charge is 2.24. The molecule has 1 aromatic heterocycles. The van der Waals surface area contributed by atoms with Crippen molar-refractivity contribution in [1.29, 1.82) is 5.26 Å². The molecule has 1 heterocycles. The lowest BCUT2D eigenvalue weighted by molar-refractivity contribution is 0.0957. The topological polar surface area (TPSA) is 320 Å². The van der Waals surface area contributed by atoms with E-state index in [0.29, 0.717) is 49.5 Å². The number of aliphatic hydroxyl groups excluding tert-OH is 4. The Bertz CT molecular complexity index is 3330. The second kappa shape index (κ2) is 34.7. The lowest BCUT2D eigenvalue weighted by atomic mass is 9.90. The number of fused-ring (bicyclic) bond motifs is 2. The normalized spacial score (nSPS) is 13.9. The molecule has 0 saturated carbocycles. The zero-order chi connectivity index (χ0) is 65.3. The van der Waals surface area contributed by atoms with Crippen LogP contribution in [0.25, 0.3) is 10.9 Å². The quantitative estimate of drug-likeness (QED) is 0.0250. The number of nitriles is 1. The second-order valence-corrected chi connectivity index (χ2v) is 25.1. The number of nitrogens with zero attached hydrogens (tertiary/aromatic N) is 1. The van der Waals surface area contributed by atoms with Gasteiger partial charge in [-0.25, -0.2) is 4.79 Å². The van der Waals surface area contributed by atoms with Crippen LogP contribution in [0.15, 0.2) is 140 Å². The van der Waals surface area contributed by atoms with Crippen LogP contribution in [0.2, 0.25) is 0 Å². The van der Waals surface area contributed by atoms with Gasteiger partial charge in [0.05, 0.1) is 23.5 Å². The van der Waals surface area contributed by atoms with Crippen molar-refractivity contribution in [3.8, 4) is 34.8 Å². The van der Waals surface area contributed by atoms with Crippen LogP contribution in [0, 0.1) is 11.3 Å². The zero-order valence-electron chi connectivity index (χ0n) is 52.9. The number of aromatic hydroxyl groups is 3. The first kappa shape index (κ1) is 71.7. The number of phenolic OH excluding ortho intramolecular Hbond substituents is 3. The van der Waals surface area contributed by atoms with Crippen LogP contribution < -0.4 is 41.8 Å². The molecule has 2 amide bonds. The summed E-state index contributed by atoms with van der Waals surface area (Å²) < 4.78 is 11.3. The molecular weight excluding hydrogens is 1130 g/mol. The Labute approximate surface area is 524 Å². The number of aliphatic hydroxyl groups is 4. The lowest BCUT2D eigenvalue weighted by Gasteiger charge is -2.28. The minimum atomic E-state index is -0.769. The number of β-amino-alcohol motifs (C(OH)–C–C–N with tert-alkyl or cyclic N) is 3. The summed E-state index contributed by atoms with van der Waals surface area (Å²) in [4.78, 5) is 26.0. The maximum atomic E-state index is 11.9. The van der Waals surface area contributed by atoms with Gasteiger partial charge in [-0.15, -0.1) is 0 Å². The Morgan fingerprint density at radius 1 is 0.674 bits per heavy atom. The van der Waals surface area contributed by atoms with E-state index >= 15 is 0 Å². The number of primary amides is 1. The lowest BCUT2D eigenvalue weighted by Crippen LogP contribution is -2.46. The summed E-state index contributed by atoms with van der Waals surface area (Å²) in [5.41, 5.74) is 12.0. The van der Waals surface area contributed by atoms with Crippen LogP contribution >= 0.6 is 0 Å². The maximum Gasteiger partial charge on any atom is 0.316 e. The minimum absolute atomic E-state index is 0.0285. The van der Waals surface area contributed by atoms with Gasteiger partial charge in [-0.3, -0.25) is 4.79 Å². The molecule has 8 rings (SSSR count). The number of benzene rings is 6. The fraction of sp³-hybridized carbons (Fsp3) is 0.414. The highest BCUT2D eigenvalue weighted by Crippen LogP contribution is 2.31. The van der Waals surface area contributed by atoms with Crippen molar-refractivity contribution in [3.05, 3.63) is 179 Å². The third-order valence-corrected chi connectivity index (χ3v) is 14.4. The largest absolute Gasteiger partial charge is 0.508 e. The van der Waals surface area contributed by atoms with Gasteiger partial charge in [0.25, 0.3) is 0 Å². The Hall–Kier alpha value is -8.03. The number of ether oxygens (including phenoxy) is 2. The molecule has 0 radical (unpaired) electrons. The predicted molar refractivity (Wildman–Crippen MR) is 351 cm³/mol. The molecule has 1 aliphatic rings. The maximum absolute atomic E-state index is 11.9. The third kappa shape index (κ3) is 25.9. The molecule has 19 heteroatoms. The first-order chi connectivity index (χ1) is 42.1. The highest BCUT2D eigenvalue weighted by molar-refractivity contribution is 5.99. The van der Waals surface area contributed by atoms with E-state index in [0.717, 1.165) is 60.1 Å². The van der Waals surface area contributed by atoms with Gasteiger partial charge < -0.3 is 82.5 Å². The molecule has 89 heavy (non-hydrogen) atoms. The number of anilines is 1. The van der Waals surface area contributed by atoms with Crippen LogP contribution in [-0.4, -0.2) is 127 Å². The molecule has 15 N–H and O–H groups in total. The monoisotopic (exact) mass is 1220 g/mol. The summed E-state index contributed by atoms with van der Waals surface area (Å²) in [6, 6.07) is 40.8. The number of amides is 2. The van der Waals surface area contributed by atoms with E-state index in [1.165, 1.54) is 28.6 Å². The smallest absolute Gasteiger partial charge is 0.316 e. The number of hydrogen-bond acceptors (Lipinski definition) is 16. The molecule has 480 valence electrons. The Kier molecular flexibility index (Phi) is 27.9. The number of rotatable bonds is 24. The number of nitrogens with two attached hydrogens (primary N) is 1. The summed E-state index contributed by atoms with van der Waals surface area (Å²) in [5, 5.41) is 94.2. The summed E-state index contributed by atoms with van der Waals surface area (Å²) in [5.74, 6) is 1.81. The molecule has 19 nitrogen and oxygen atoms in total. The molecule has 1 aliphatic carbocycles. The van der Waals surface area contributed by atoms with E-state index in [1.807, 2.05) is 75.5 Å². The van der Waals surface area contributed by atoms with Gasteiger partial charge in [0.15, 0.2) is 5.78 Å². The van der Waals surface area contributed by atoms with E-state index in [4.69, 9.17) is 20.5 Å². The summed E-state index contributed by atoms with van der Waals surface area (Å²) >= 11 is 0. The van der Waals surface area contributed by atoms with E-state index in [1.54, 1.807) is 60.7 Å². The Morgan fingerprint density at radius 2 is 1.25 bits per heavy atom. The summed E-state index contributed by atoms with van der Waals surface area (Å²) in [6.07, 6.45) is 4.55. The van der Waals surface area contributed by atoms with Crippen molar-refractivity contribution in [2.75, 3.05) is 44.7 Å². The van der Waals surface area contributed by atoms with Crippen molar-refractivity contribution >= 4 is 28.4 Å². The first-order valence-electron chi connectivity index (χ1n) is 30.2. The van der Waals surface area contributed by atoms with Crippen LogP contribution in [0.4, 0.5) is 10.5 Å².